The molecule has 102 valence electrons. The van der Waals surface area contributed by atoms with Crippen LogP contribution >= 0.6 is 12.2 Å². The second kappa shape index (κ2) is 5.13. The molecule has 0 radical (unpaired) electrons. The number of rotatable bonds is 2. The third-order valence-corrected chi connectivity index (χ3v) is 3.91. The lowest BCUT2D eigenvalue weighted by Crippen LogP contribution is -2.39. The summed E-state index contributed by atoms with van der Waals surface area (Å²) < 4.78 is 5.44. The number of nitrogens with one attached hydrogen (secondary N) is 1. The lowest BCUT2D eigenvalue weighted by Gasteiger charge is -2.33. The van der Waals surface area contributed by atoms with Crippen LogP contribution in [0.25, 0.3) is 0 Å². The molecular weight excluding hydrogens is 268 g/mol. The maximum Gasteiger partial charge on any atom is 0.178 e. The number of benzene rings is 2. The second-order valence-electron chi connectivity index (χ2n) is 4.79. The fourth-order valence-electron chi connectivity index (χ4n) is 2.49. The summed E-state index contributed by atoms with van der Waals surface area (Å²) in [4.78, 5) is 2.07. The minimum Gasteiger partial charge on any atom is -0.495 e. The Morgan fingerprint density at radius 3 is 2.75 bits per heavy atom. The summed E-state index contributed by atoms with van der Waals surface area (Å²) in [6.07, 6.45) is 0. The van der Waals surface area contributed by atoms with Crippen molar-refractivity contribution in [1.82, 2.24) is 0 Å². The minimum atomic E-state index is 0.701. The van der Waals surface area contributed by atoms with E-state index in [2.05, 4.69) is 29.3 Å². The van der Waals surface area contributed by atoms with Crippen LogP contribution in [0.1, 0.15) is 11.1 Å². The number of para-hydroxylation sites is 2. The van der Waals surface area contributed by atoms with Crippen molar-refractivity contribution in [3.8, 4) is 5.75 Å². The van der Waals surface area contributed by atoms with Gasteiger partial charge in [0.25, 0.3) is 0 Å². The smallest absolute Gasteiger partial charge is 0.178 e. The topological polar surface area (TPSA) is 24.5 Å². The number of anilines is 2. The van der Waals surface area contributed by atoms with Gasteiger partial charge in [0.2, 0.25) is 0 Å². The van der Waals surface area contributed by atoms with Crippen molar-refractivity contribution in [3.05, 3.63) is 53.6 Å². The molecule has 2 aromatic carbocycles. The van der Waals surface area contributed by atoms with Crippen LogP contribution in [0.3, 0.4) is 0 Å². The van der Waals surface area contributed by atoms with Gasteiger partial charge in [-0.2, -0.15) is 0 Å². The zero-order chi connectivity index (χ0) is 14.1. The molecule has 2 aromatic rings. The molecule has 1 aliphatic heterocycles. The van der Waals surface area contributed by atoms with Crippen LogP contribution in [-0.4, -0.2) is 12.2 Å². The number of ether oxygens (including phenoxy) is 1. The summed E-state index contributed by atoms with van der Waals surface area (Å²) in [5, 5.41) is 4.00. The van der Waals surface area contributed by atoms with Gasteiger partial charge in [-0.1, -0.05) is 24.3 Å². The van der Waals surface area contributed by atoms with Gasteiger partial charge in [-0.25, -0.2) is 0 Å². The summed E-state index contributed by atoms with van der Waals surface area (Å²) >= 11 is 5.50. The lowest BCUT2D eigenvalue weighted by atomic mass is 10.0. The zero-order valence-corrected chi connectivity index (χ0v) is 12.3. The Balaban J connectivity index is 2.04. The average Bonchev–Trinajstić information content (AvgIpc) is 2.47. The number of hydrogen-bond donors (Lipinski definition) is 1. The van der Waals surface area contributed by atoms with Crippen molar-refractivity contribution in [3.63, 3.8) is 0 Å². The Kier molecular flexibility index (Phi) is 3.32. The number of thiocarbonyl (C=S) groups is 1. The van der Waals surface area contributed by atoms with Crippen LogP contribution in [0.4, 0.5) is 11.4 Å². The predicted octanol–water partition coefficient (Wildman–Crippen LogP) is 3.72. The molecule has 0 bridgehead atoms. The standard InChI is InChI=1S/C16H16N2OS/c1-11-6-5-7-13-12(11)10-18(16(20)17-13)14-8-3-4-9-15(14)19-2/h3-9H,10H2,1-2H3,(H,17,20). The Labute approximate surface area is 124 Å². The van der Waals surface area contributed by atoms with Crippen LogP contribution in [0, 0.1) is 6.92 Å². The van der Waals surface area contributed by atoms with E-state index in [4.69, 9.17) is 17.0 Å². The molecule has 0 amide bonds. The Morgan fingerprint density at radius 1 is 1.15 bits per heavy atom. The van der Waals surface area contributed by atoms with Gasteiger partial charge in [-0.3, -0.25) is 0 Å². The van der Waals surface area contributed by atoms with E-state index in [-0.39, 0.29) is 0 Å². The van der Waals surface area contributed by atoms with E-state index in [9.17, 15) is 0 Å². The molecule has 0 saturated carbocycles. The molecule has 4 heteroatoms. The number of fused-ring (bicyclic) bond motifs is 1. The zero-order valence-electron chi connectivity index (χ0n) is 11.5. The molecular formula is C16H16N2OS. The van der Waals surface area contributed by atoms with Gasteiger partial charge in [0.05, 0.1) is 19.3 Å². The summed E-state index contributed by atoms with van der Waals surface area (Å²) in [5.41, 5.74) is 4.62. The molecule has 0 unspecified atom stereocenters. The molecule has 0 fully saturated rings. The van der Waals surface area contributed by atoms with Crippen LogP contribution < -0.4 is 15.0 Å². The van der Waals surface area contributed by atoms with Crippen molar-refractivity contribution in [2.45, 2.75) is 13.5 Å². The summed E-state index contributed by atoms with van der Waals surface area (Å²) in [5.74, 6) is 0.827. The molecule has 0 aromatic heterocycles. The number of hydrogen-bond acceptors (Lipinski definition) is 2. The molecule has 0 atom stereocenters. The molecule has 1 N–H and O–H groups in total. The molecule has 1 heterocycles. The van der Waals surface area contributed by atoms with Gasteiger partial charge in [-0.15, -0.1) is 0 Å². The van der Waals surface area contributed by atoms with E-state index in [1.165, 1.54) is 11.1 Å². The fraction of sp³-hybridized carbons (Fsp3) is 0.188. The normalized spacial score (nSPS) is 13.7. The highest BCUT2D eigenvalue weighted by molar-refractivity contribution is 7.80. The van der Waals surface area contributed by atoms with Crippen LogP contribution in [-0.2, 0) is 6.54 Å². The highest BCUT2D eigenvalue weighted by atomic mass is 32.1. The van der Waals surface area contributed by atoms with Gasteiger partial charge in [0.15, 0.2) is 5.11 Å². The van der Waals surface area contributed by atoms with Crippen molar-refractivity contribution < 1.29 is 4.74 Å². The Hall–Kier alpha value is -2.07. The second-order valence-corrected chi connectivity index (χ2v) is 5.18. The summed E-state index contributed by atoms with van der Waals surface area (Å²) in [6.45, 7) is 2.88. The van der Waals surface area contributed by atoms with E-state index in [0.29, 0.717) is 5.11 Å². The molecule has 0 saturated heterocycles. The monoisotopic (exact) mass is 284 g/mol. The molecule has 20 heavy (non-hydrogen) atoms. The van der Waals surface area contributed by atoms with E-state index < -0.39 is 0 Å². The van der Waals surface area contributed by atoms with Crippen LogP contribution in [0.5, 0.6) is 5.75 Å². The van der Waals surface area contributed by atoms with Crippen molar-refractivity contribution in [1.29, 1.82) is 0 Å². The molecule has 0 spiro atoms. The Bertz CT molecular complexity index is 669. The Morgan fingerprint density at radius 2 is 1.95 bits per heavy atom. The quantitative estimate of drug-likeness (QED) is 0.849. The highest BCUT2D eigenvalue weighted by Gasteiger charge is 2.23. The average molecular weight is 284 g/mol. The molecule has 3 nitrogen and oxygen atoms in total. The van der Waals surface area contributed by atoms with Crippen LogP contribution in [0.15, 0.2) is 42.5 Å². The molecule has 3 rings (SSSR count). The third kappa shape index (κ3) is 2.12. The SMILES string of the molecule is COc1ccccc1N1Cc2c(C)cccc2NC1=S. The minimum absolute atomic E-state index is 0.701. The first-order valence-electron chi connectivity index (χ1n) is 6.50. The first-order chi connectivity index (χ1) is 9.70. The number of aryl methyl sites for hydroxylation is 1. The lowest BCUT2D eigenvalue weighted by molar-refractivity contribution is 0.415. The maximum absolute atomic E-state index is 5.50. The number of nitrogens with zero attached hydrogens (tertiary/aromatic N) is 1. The maximum atomic E-state index is 5.50. The van der Waals surface area contributed by atoms with Gasteiger partial charge >= 0.3 is 0 Å². The molecule has 0 aliphatic carbocycles. The van der Waals surface area contributed by atoms with Crippen molar-refractivity contribution >= 4 is 28.7 Å². The van der Waals surface area contributed by atoms with Crippen molar-refractivity contribution in [2.24, 2.45) is 0 Å². The fourth-order valence-corrected chi connectivity index (χ4v) is 2.76. The van der Waals surface area contributed by atoms with E-state index >= 15 is 0 Å². The van der Waals surface area contributed by atoms with Gasteiger partial charge in [-0.05, 0) is 48.5 Å². The van der Waals surface area contributed by atoms with Crippen molar-refractivity contribution in [2.75, 3.05) is 17.3 Å². The largest absolute Gasteiger partial charge is 0.495 e. The van der Waals surface area contributed by atoms with Gasteiger partial charge < -0.3 is 15.0 Å². The third-order valence-electron chi connectivity index (χ3n) is 3.59. The predicted molar refractivity (Wildman–Crippen MR) is 86.6 cm³/mol. The van der Waals surface area contributed by atoms with Gasteiger partial charge in [0, 0.05) is 5.69 Å². The van der Waals surface area contributed by atoms with E-state index in [0.717, 1.165) is 23.7 Å². The summed E-state index contributed by atoms with van der Waals surface area (Å²) in [7, 11) is 1.68. The number of methoxy groups -OCH3 is 1. The first kappa shape index (κ1) is 12.9. The van der Waals surface area contributed by atoms with Crippen LogP contribution in [0.2, 0.25) is 0 Å². The summed E-state index contributed by atoms with van der Waals surface area (Å²) in [6, 6.07) is 14.2. The van der Waals surface area contributed by atoms with Gasteiger partial charge in [0.1, 0.15) is 5.75 Å². The van der Waals surface area contributed by atoms with E-state index in [1.54, 1.807) is 7.11 Å². The van der Waals surface area contributed by atoms with E-state index in [1.807, 2.05) is 30.3 Å². The molecule has 1 aliphatic rings. The first-order valence-corrected chi connectivity index (χ1v) is 6.91. The highest BCUT2D eigenvalue weighted by Crippen LogP contribution is 2.34.